The van der Waals surface area contributed by atoms with Crippen LogP contribution in [-0.2, 0) is 0 Å². The number of carbonyl (C=O) groups is 1. The van der Waals surface area contributed by atoms with E-state index in [0.29, 0.717) is 5.56 Å². The van der Waals surface area contributed by atoms with Crippen molar-refractivity contribution < 1.29 is 4.79 Å². The molecule has 0 fully saturated rings. The van der Waals surface area contributed by atoms with Gasteiger partial charge in [0, 0.05) is 20.3 Å². The topological polar surface area (TPSA) is 32.3 Å². The highest BCUT2D eigenvalue weighted by atomic mass is 79.9. The summed E-state index contributed by atoms with van der Waals surface area (Å²) >= 11 is 6.92. The van der Waals surface area contributed by atoms with Crippen molar-refractivity contribution in [2.24, 2.45) is 0 Å². The van der Waals surface area contributed by atoms with Gasteiger partial charge in [-0.3, -0.25) is 9.69 Å². The van der Waals surface area contributed by atoms with Crippen LogP contribution in [0, 0.1) is 0 Å². The summed E-state index contributed by atoms with van der Waals surface area (Å²) in [5.74, 6) is -0.00964. The molecule has 1 unspecified atom stereocenters. The largest absolute Gasteiger partial charge is 0.360 e. The van der Waals surface area contributed by atoms with Crippen molar-refractivity contribution in [3.8, 4) is 0 Å². The van der Waals surface area contributed by atoms with E-state index in [1.165, 1.54) is 0 Å². The molecule has 1 aliphatic rings. The molecule has 3 aromatic rings. The molecule has 3 aromatic carbocycles. The molecule has 0 bridgehead atoms. The summed E-state index contributed by atoms with van der Waals surface area (Å²) in [5.41, 5.74) is 3.41. The van der Waals surface area contributed by atoms with Crippen LogP contribution >= 0.6 is 31.9 Å². The lowest BCUT2D eigenvalue weighted by molar-refractivity contribution is 0.0975. The van der Waals surface area contributed by atoms with Gasteiger partial charge in [0.25, 0.3) is 5.91 Å². The minimum absolute atomic E-state index is 0.00964. The maximum Gasteiger partial charge on any atom is 0.262 e. The molecule has 0 saturated carbocycles. The standard InChI is InChI=1S/C20H14Br2N2O/c21-14-7-5-13(6-8-14)19-23-18-4-2-1-3-17(18)20(25)24(19)16-11-9-15(22)10-12-16/h1-12,19,23H. The Morgan fingerprint density at radius 3 is 2.08 bits per heavy atom. The molecule has 25 heavy (non-hydrogen) atoms. The van der Waals surface area contributed by atoms with Crippen LogP contribution < -0.4 is 10.2 Å². The molecule has 5 heteroatoms. The summed E-state index contributed by atoms with van der Waals surface area (Å²) < 4.78 is 1.99. The zero-order valence-electron chi connectivity index (χ0n) is 13.1. The van der Waals surface area contributed by atoms with Crippen LogP contribution in [0.15, 0.2) is 81.7 Å². The van der Waals surface area contributed by atoms with Gasteiger partial charge in [0.05, 0.1) is 5.56 Å². The third-order valence-electron chi connectivity index (χ3n) is 4.22. The first-order valence-electron chi connectivity index (χ1n) is 7.83. The number of halogens is 2. The van der Waals surface area contributed by atoms with Gasteiger partial charge in [-0.05, 0) is 54.1 Å². The fourth-order valence-electron chi connectivity index (χ4n) is 3.00. The molecule has 124 valence electrons. The maximum absolute atomic E-state index is 13.2. The van der Waals surface area contributed by atoms with Gasteiger partial charge < -0.3 is 5.32 Å². The van der Waals surface area contributed by atoms with E-state index in [1.807, 2.05) is 72.8 Å². The van der Waals surface area contributed by atoms with Gasteiger partial charge in [0.2, 0.25) is 0 Å². The third-order valence-corrected chi connectivity index (χ3v) is 5.27. The first-order valence-corrected chi connectivity index (χ1v) is 9.42. The van der Waals surface area contributed by atoms with Gasteiger partial charge in [-0.1, -0.05) is 56.1 Å². The molecular formula is C20H14Br2N2O. The Balaban J connectivity index is 1.85. The van der Waals surface area contributed by atoms with Gasteiger partial charge in [-0.2, -0.15) is 0 Å². The molecule has 0 saturated heterocycles. The number of anilines is 2. The van der Waals surface area contributed by atoms with Gasteiger partial charge in [0.15, 0.2) is 0 Å². The van der Waals surface area contributed by atoms with E-state index < -0.39 is 0 Å². The van der Waals surface area contributed by atoms with E-state index in [-0.39, 0.29) is 12.1 Å². The van der Waals surface area contributed by atoms with Crippen LogP contribution in [0.3, 0.4) is 0 Å². The molecule has 3 nitrogen and oxygen atoms in total. The highest BCUT2D eigenvalue weighted by Gasteiger charge is 2.33. The monoisotopic (exact) mass is 456 g/mol. The summed E-state index contributed by atoms with van der Waals surface area (Å²) in [5, 5.41) is 3.50. The van der Waals surface area contributed by atoms with Crippen molar-refractivity contribution in [2.45, 2.75) is 6.17 Å². The molecule has 1 atom stereocenters. The lowest BCUT2D eigenvalue weighted by Gasteiger charge is -2.38. The maximum atomic E-state index is 13.2. The normalized spacial score (nSPS) is 16.3. The molecule has 1 heterocycles. The Bertz CT molecular complexity index is 923. The van der Waals surface area contributed by atoms with Crippen molar-refractivity contribution >= 4 is 49.1 Å². The minimum Gasteiger partial charge on any atom is -0.360 e. The first kappa shape index (κ1) is 16.4. The van der Waals surface area contributed by atoms with Crippen LogP contribution in [-0.4, -0.2) is 5.91 Å². The molecule has 1 aliphatic heterocycles. The van der Waals surface area contributed by atoms with Crippen molar-refractivity contribution in [1.29, 1.82) is 0 Å². The zero-order valence-corrected chi connectivity index (χ0v) is 16.3. The summed E-state index contributed by atoms with van der Waals surface area (Å²) in [7, 11) is 0. The number of para-hydroxylation sites is 1. The number of benzene rings is 3. The predicted molar refractivity (Wildman–Crippen MR) is 108 cm³/mol. The Hall–Kier alpha value is -2.11. The number of nitrogens with zero attached hydrogens (tertiary/aromatic N) is 1. The lowest BCUT2D eigenvalue weighted by Crippen LogP contribution is -2.43. The number of hydrogen-bond acceptors (Lipinski definition) is 2. The molecule has 0 aliphatic carbocycles. The van der Waals surface area contributed by atoms with Crippen molar-refractivity contribution in [3.05, 3.63) is 92.9 Å². The number of fused-ring (bicyclic) bond motifs is 1. The second-order valence-corrected chi connectivity index (χ2v) is 7.63. The first-order chi connectivity index (χ1) is 12.1. The van der Waals surface area contributed by atoms with Crippen molar-refractivity contribution in [3.63, 3.8) is 0 Å². The fraction of sp³-hybridized carbons (Fsp3) is 0.0500. The third kappa shape index (κ3) is 3.10. The zero-order chi connectivity index (χ0) is 17.4. The van der Waals surface area contributed by atoms with Gasteiger partial charge in [0.1, 0.15) is 6.17 Å². The van der Waals surface area contributed by atoms with Crippen LogP contribution in [0.4, 0.5) is 11.4 Å². The Kier molecular flexibility index (Phi) is 4.36. The van der Waals surface area contributed by atoms with Crippen LogP contribution in [0.1, 0.15) is 22.1 Å². The molecular weight excluding hydrogens is 444 g/mol. The number of nitrogens with one attached hydrogen (secondary N) is 1. The SMILES string of the molecule is O=C1c2ccccc2NC(c2ccc(Br)cc2)N1c1ccc(Br)cc1. The molecule has 0 spiro atoms. The lowest BCUT2D eigenvalue weighted by atomic mass is 10.0. The summed E-state index contributed by atoms with van der Waals surface area (Å²) in [6.45, 7) is 0. The van der Waals surface area contributed by atoms with E-state index in [2.05, 4.69) is 37.2 Å². The second-order valence-electron chi connectivity index (χ2n) is 5.80. The minimum atomic E-state index is -0.267. The Morgan fingerprint density at radius 2 is 1.40 bits per heavy atom. The predicted octanol–water partition coefficient (Wildman–Crippen LogP) is 5.98. The quantitative estimate of drug-likeness (QED) is 0.513. The molecule has 0 aromatic heterocycles. The average Bonchev–Trinajstić information content (AvgIpc) is 2.63. The summed E-state index contributed by atoms with van der Waals surface area (Å²) in [6.07, 6.45) is -0.267. The van der Waals surface area contributed by atoms with E-state index in [1.54, 1.807) is 4.90 Å². The summed E-state index contributed by atoms with van der Waals surface area (Å²) in [4.78, 5) is 15.0. The van der Waals surface area contributed by atoms with E-state index >= 15 is 0 Å². The molecule has 0 radical (unpaired) electrons. The van der Waals surface area contributed by atoms with Gasteiger partial charge in [-0.25, -0.2) is 0 Å². The van der Waals surface area contributed by atoms with E-state index in [0.717, 1.165) is 25.9 Å². The highest BCUT2D eigenvalue weighted by Crippen LogP contribution is 2.37. The summed E-state index contributed by atoms with van der Waals surface area (Å²) in [6, 6.07) is 23.4. The number of hydrogen-bond donors (Lipinski definition) is 1. The van der Waals surface area contributed by atoms with Crippen LogP contribution in [0.25, 0.3) is 0 Å². The molecule has 1 N–H and O–H groups in total. The second kappa shape index (κ2) is 6.65. The van der Waals surface area contributed by atoms with Crippen LogP contribution in [0.5, 0.6) is 0 Å². The Labute approximate surface area is 162 Å². The number of carbonyl (C=O) groups excluding carboxylic acids is 1. The van der Waals surface area contributed by atoms with E-state index in [4.69, 9.17) is 0 Å². The smallest absolute Gasteiger partial charge is 0.262 e. The van der Waals surface area contributed by atoms with E-state index in [9.17, 15) is 4.79 Å². The highest BCUT2D eigenvalue weighted by molar-refractivity contribution is 9.10. The van der Waals surface area contributed by atoms with Crippen molar-refractivity contribution in [2.75, 3.05) is 10.2 Å². The number of rotatable bonds is 2. The van der Waals surface area contributed by atoms with Gasteiger partial charge in [-0.15, -0.1) is 0 Å². The van der Waals surface area contributed by atoms with Crippen molar-refractivity contribution in [1.82, 2.24) is 0 Å². The molecule has 1 amide bonds. The fourth-order valence-corrected chi connectivity index (χ4v) is 3.53. The Morgan fingerprint density at radius 1 is 0.800 bits per heavy atom. The van der Waals surface area contributed by atoms with Crippen LogP contribution in [0.2, 0.25) is 0 Å². The molecule has 4 rings (SSSR count). The van der Waals surface area contributed by atoms with Gasteiger partial charge >= 0.3 is 0 Å². The number of amides is 1. The average molecular weight is 458 g/mol.